The van der Waals surface area contributed by atoms with Crippen molar-refractivity contribution in [2.24, 2.45) is 0 Å². The second-order valence-electron chi connectivity index (χ2n) is 6.97. The highest BCUT2D eigenvalue weighted by atomic mass is 79.9. The first kappa shape index (κ1) is 20.2. The molecule has 0 aliphatic heterocycles. The van der Waals surface area contributed by atoms with Gasteiger partial charge in [-0.1, -0.05) is 42.5 Å². The van der Waals surface area contributed by atoms with Gasteiger partial charge in [0.05, 0.1) is 7.11 Å². The van der Waals surface area contributed by atoms with Gasteiger partial charge in [-0.2, -0.15) is 0 Å². The third-order valence-electron chi connectivity index (χ3n) is 5.25. The molecule has 0 aliphatic rings. The fraction of sp³-hybridized carbons (Fsp3) is 0.160. The first-order chi connectivity index (χ1) is 14.7. The largest absolute Gasteiger partial charge is 0.497 e. The topological polar surface area (TPSA) is 40.5 Å². The molecule has 0 unspecified atom stereocenters. The van der Waals surface area contributed by atoms with E-state index in [4.69, 9.17) is 9.47 Å². The summed E-state index contributed by atoms with van der Waals surface area (Å²) in [5.74, 6) is 1.69. The van der Waals surface area contributed by atoms with E-state index in [0.29, 0.717) is 11.1 Å². The molecule has 4 nitrogen and oxygen atoms in total. The molecule has 0 saturated heterocycles. The molecule has 1 aromatic heterocycles. The van der Waals surface area contributed by atoms with Crippen molar-refractivity contribution >= 4 is 33.1 Å². The van der Waals surface area contributed by atoms with Gasteiger partial charge in [0.25, 0.3) is 0 Å². The zero-order chi connectivity index (χ0) is 20.9. The quantitative estimate of drug-likeness (QED) is 0.234. The highest BCUT2D eigenvalue weighted by Crippen LogP contribution is 2.30. The summed E-state index contributed by atoms with van der Waals surface area (Å²) in [7, 11) is 1.67. The van der Waals surface area contributed by atoms with Gasteiger partial charge in [0.2, 0.25) is 0 Å². The van der Waals surface area contributed by atoms with E-state index in [9.17, 15) is 4.79 Å². The number of alkyl halides is 1. The average molecular weight is 464 g/mol. The third-order valence-corrected chi connectivity index (χ3v) is 5.48. The number of nitrogens with zero attached hydrogens (tertiary/aromatic N) is 1. The van der Waals surface area contributed by atoms with E-state index in [0.717, 1.165) is 58.3 Å². The second-order valence-corrected chi connectivity index (χ2v) is 7.43. The van der Waals surface area contributed by atoms with Gasteiger partial charge in [-0.05, 0) is 63.3 Å². The zero-order valence-electron chi connectivity index (χ0n) is 16.7. The van der Waals surface area contributed by atoms with E-state index in [-0.39, 0.29) is 0 Å². The van der Waals surface area contributed by atoms with Crippen LogP contribution in [0.25, 0.3) is 22.0 Å². The van der Waals surface area contributed by atoms with Crippen molar-refractivity contribution in [3.8, 4) is 22.6 Å². The molecule has 0 N–H and O–H groups in total. The number of fused-ring (bicyclic) bond motifs is 1. The van der Waals surface area contributed by atoms with Crippen LogP contribution < -0.4 is 9.47 Å². The molecule has 0 spiro atoms. The van der Waals surface area contributed by atoms with Crippen LogP contribution in [-0.4, -0.2) is 23.5 Å². The highest BCUT2D eigenvalue weighted by molar-refractivity contribution is 9.09. The van der Waals surface area contributed by atoms with E-state index in [1.54, 1.807) is 7.11 Å². The minimum absolute atomic E-state index is 0.454. The molecular weight excluding hydrogens is 442 g/mol. The number of benzene rings is 3. The van der Waals surface area contributed by atoms with Crippen LogP contribution in [0.3, 0.4) is 0 Å². The van der Waals surface area contributed by atoms with Crippen LogP contribution in [0.1, 0.15) is 15.9 Å². The Morgan fingerprint density at radius 2 is 1.83 bits per heavy atom. The summed E-state index contributed by atoms with van der Waals surface area (Å²) < 4.78 is 13.2. The lowest BCUT2D eigenvalue weighted by atomic mass is 10.0. The monoisotopic (exact) mass is 463 g/mol. The maximum atomic E-state index is 11.6. The van der Waals surface area contributed by atoms with Gasteiger partial charge >= 0.3 is 0 Å². The molecule has 0 fully saturated rings. The highest BCUT2D eigenvalue weighted by Gasteiger charge is 2.11. The predicted molar refractivity (Wildman–Crippen MR) is 124 cm³/mol. The molecule has 0 saturated carbocycles. The summed E-state index contributed by atoms with van der Waals surface area (Å²) in [6.45, 7) is 0.745. The molecule has 1 heterocycles. The molecule has 152 valence electrons. The minimum atomic E-state index is 0.454. The van der Waals surface area contributed by atoms with Gasteiger partial charge in [0, 0.05) is 29.2 Å². The second kappa shape index (κ2) is 9.18. The summed E-state index contributed by atoms with van der Waals surface area (Å²) >= 11 is 3.33. The molecule has 0 aliphatic carbocycles. The van der Waals surface area contributed by atoms with E-state index in [1.807, 2.05) is 54.7 Å². The normalized spacial score (nSPS) is 10.9. The smallest absolute Gasteiger partial charge is 0.152 e. The van der Waals surface area contributed by atoms with E-state index in [2.05, 4.69) is 38.7 Å². The number of halogens is 1. The van der Waals surface area contributed by atoms with Gasteiger partial charge in [-0.3, -0.25) is 4.79 Å². The van der Waals surface area contributed by atoms with Crippen molar-refractivity contribution in [3.63, 3.8) is 0 Å². The molecule has 0 radical (unpaired) electrons. The zero-order valence-corrected chi connectivity index (χ0v) is 18.3. The number of hydrogen-bond acceptors (Lipinski definition) is 3. The number of carbonyl (C=O) groups excluding carboxylic acids is 1. The van der Waals surface area contributed by atoms with Crippen LogP contribution in [0.4, 0.5) is 0 Å². The number of ether oxygens (including phenoxy) is 2. The SMILES string of the molecule is COc1cccc(-c2ccc3c(C=O)cn(CCc4ccccc4OCBr)c3c2)c1. The Labute approximate surface area is 184 Å². The summed E-state index contributed by atoms with van der Waals surface area (Å²) in [5, 5.41) is 0.960. The van der Waals surface area contributed by atoms with Gasteiger partial charge in [-0.15, -0.1) is 0 Å². The summed E-state index contributed by atoms with van der Waals surface area (Å²) in [4.78, 5) is 11.6. The number of methoxy groups -OCH3 is 1. The molecule has 4 rings (SSSR count). The molecule has 0 bridgehead atoms. The van der Waals surface area contributed by atoms with Crippen molar-refractivity contribution in [1.82, 2.24) is 4.57 Å². The molecule has 0 atom stereocenters. The molecule has 30 heavy (non-hydrogen) atoms. The standard InChI is InChI=1S/C25H22BrNO3/c1-29-22-7-4-6-19(13-22)20-9-10-23-21(16-28)15-27(24(23)14-20)12-11-18-5-2-3-8-25(18)30-17-26/h2-10,13-16H,11-12,17H2,1H3. The Hall–Kier alpha value is -3.05. The van der Waals surface area contributed by atoms with Crippen molar-refractivity contribution < 1.29 is 14.3 Å². The molecule has 0 amide bonds. The summed E-state index contributed by atoms with van der Waals surface area (Å²) in [5.41, 5.74) is 5.49. The lowest BCUT2D eigenvalue weighted by Crippen LogP contribution is -2.02. The predicted octanol–water partition coefficient (Wildman–Crippen LogP) is 6.10. The molecular formula is C25H22BrNO3. The first-order valence-corrected chi connectivity index (χ1v) is 10.8. The molecule has 3 aromatic carbocycles. The lowest BCUT2D eigenvalue weighted by molar-refractivity contribution is 0.112. The van der Waals surface area contributed by atoms with Crippen LogP contribution in [0.2, 0.25) is 0 Å². The fourth-order valence-electron chi connectivity index (χ4n) is 3.73. The van der Waals surface area contributed by atoms with E-state index < -0.39 is 0 Å². The van der Waals surface area contributed by atoms with Crippen LogP contribution in [0.5, 0.6) is 11.5 Å². The number of rotatable bonds is 8. The maximum absolute atomic E-state index is 11.6. The van der Waals surface area contributed by atoms with Gasteiger partial charge < -0.3 is 14.0 Å². The number of para-hydroxylation sites is 1. The van der Waals surface area contributed by atoms with Crippen molar-refractivity contribution in [3.05, 3.63) is 84.1 Å². The fourth-order valence-corrected chi connectivity index (χ4v) is 3.98. The Balaban J connectivity index is 1.70. The van der Waals surface area contributed by atoms with Crippen LogP contribution in [-0.2, 0) is 13.0 Å². The van der Waals surface area contributed by atoms with Crippen LogP contribution >= 0.6 is 15.9 Å². The number of aryl methyl sites for hydroxylation is 2. The van der Waals surface area contributed by atoms with E-state index in [1.165, 1.54) is 0 Å². The Kier molecular flexibility index (Phi) is 6.19. The Bertz CT molecular complexity index is 1180. The van der Waals surface area contributed by atoms with Crippen LogP contribution in [0, 0.1) is 0 Å². The summed E-state index contributed by atoms with van der Waals surface area (Å²) in [6, 6.07) is 22.2. The number of hydrogen-bond donors (Lipinski definition) is 0. The van der Waals surface area contributed by atoms with Gasteiger partial charge in [0.1, 0.15) is 17.0 Å². The van der Waals surface area contributed by atoms with Crippen molar-refractivity contribution in [2.45, 2.75) is 13.0 Å². The Morgan fingerprint density at radius 3 is 2.63 bits per heavy atom. The Morgan fingerprint density at radius 1 is 1.00 bits per heavy atom. The van der Waals surface area contributed by atoms with Gasteiger partial charge in [-0.25, -0.2) is 0 Å². The number of aromatic nitrogens is 1. The lowest BCUT2D eigenvalue weighted by Gasteiger charge is -2.11. The maximum Gasteiger partial charge on any atom is 0.152 e. The van der Waals surface area contributed by atoms with Gasteiger partial charge in [0.15, 0.2) is 6.29 Å². The minimum Gasteiger partial charge on any atom is -0.497 e. The number of carbonyl (C=O) groups is 1. The third kappa shape index (κ3) is 4.12. The average Bonchev–Trinajstić information content (AvgIpc) is 3.16. The van der Waals surface area contributed by atoms with Crippen LogP contribution in [0.15, 0.2) is 72.9 Å². The van der Waals surface area contributed by atoms with Crippen molar-refractivity contribution in [2.75, 3.05) is 12.6 Å². The molecule has 5 heteroatoms. The summed E-state index contributed by atoms with van der Waals surface area (Å²) in [6.07, 6.45) is 3.65. The van der Waals surface area contributed by atoms with Crippen molar-refractivity contribution in [1.29, 1.82) is 0 Å². The van der Waals surface area contributed by atoms with E-state index >= 15 is 0 Å². The molecule has 4 aromatic rings. The number of aldehydes is 1. The first-order valence-electron chi connectivity index (χ1n) is 9.72.